The lowest BCUT2D eigenvalue weighted by Gasteiger charge is -2.35. The number of para-hydroxylation sites is 1. The normalized spacial score (nSPS) is 20.7. The van der Waals surface area contributed by atoms with Gasteiger partial charge in [-0.05, 0) is 43.7 Å². The first kappa shape index (κ1) is 20.0. The molecule has 0 radical (unpaired) electrons. The van der Waals surface area contributed by atoms with Crippen molar-refractivity contribution in [3.8, 4) is 5.75 Å². The van der Waals surface area contributed by atoms with Crippen molar-refractivity contribution in [3.63, 3.8) is 0 Å². The van der Waals surface area contributed by atoms with E-state index in [2.05, 4.69) is 57.9 Å². The number of benzene rings is 1. The number of nitrogens with zero attached hydrogens (tertiary/aromatic N) is 4. The van der Waals surface area contributed by atoms with Crippen LogP contribution in [0.1, 0.15) is 36.8 Å². The van der Waals surface area contributed by atoms with Crippen LogP contribution in [0.2, 0.25) is 0 Å². The van der Waals surface area contributed by atoms with E-state index in [1.807, 2.05) is 0 Å². The molecule has 0 aliphatic carbocycles. The van der Waals surface area contributed by atoms with Gasteiger partial charge in [-0.2, -0.15) is 0 Å². The fraction of sp³-hybridized carbons (Fsp3) is 0.565. The summed E-state index contributed by atoms with van der Waals surface area (Å²) < 4.78 is 6.35. The van der Waals surface area contributed by atoms with E-state index in [-0.39, 0.29) is 12.7 Å². The first-order chi connectivity index (χ1) is 14.1. The lowest BCUT2D eigenvalue weighted by molar-refractivity contribution is 0.168. The third-order valence-corrected chi connectivity index (χ3v) is 6.20. The summed E-state index contributed by atoms with van der Waals surface area (Å²) in [7, 11) is 0. The van der Waals surface area contributed by atoms with E-state index >= 15 is 0 Å². The number of aromatic nitrogens is 2. The summed E-state index contributed by atoms with van der Waals surface area (Å²) in [6.45, 7) is 8.22. The molecule has 0 amide bonds. The molecule has 2 saturated heterocycles. The van der Waals surface area contributed by atoms with Gasteiger partial charge in [0.1, 0.15) is 29.8 Å². The lowest BCUT2D eigenvalue weighted by Crippen LogP contribution is -2.39. The fourth-order valence-corrected chi connectivity index (χ4v) is 4.46. The topological polar surface area (TPSA) is 61.7 Å². The molecule has 3 heterocycles. The van der Waals surface area contributed by atoms with E-state index in [0.717, 1.165) is 69.2 Å². The van der Waals surface area contributed by atoms with E-state index < -0.39 is 0 Å². The minimum atomic E-state index is 0.250. The minimum absolute atomic E-state index is 0.250. The molecule has 0 bridgehead atoms. The summed E-state index contributed by atoms with van der Waals surface area (Å²) in [6.07, 6.45) is 6.10. The van der Waals surface area contributed by atoms with E-state index in [1.165, 1.54) is 11.1 Å². The molecule has 2 fully saturated rings. The van der Waals surface area contributed by atoms with Crippen LogP contribution >= 0.6 is 0 Å². The van der Waals surface area contributed by atoms with Crippen LogP contribution in [0.5, 0.6) is 5.75 Å². The largest absolute Gasteiger partial charge is 0.490 e. The number of rotatable bonds is 5. The second kappa shape index (κ2) is 8.99. The molecule has 2 aliphatic rings. The van der Waals surface area contributed by atoms with Crippen LogP contribution in [0, 0.1) is 19.8 Å². The van der Waals surface area contributed by atoms with Gasteiger partial charge >= 0.3 is 0 Å². The SMILES string of the molecule is Cc1cccc(C)c1OC1CCN(c2cc(N3CCCC(CO)C3)ncn2)CC1. The van der Waals surface area contributed by atoms with E-state index in [1.54, 1.807) is 6.33 Å². The Labute approximate surface area is 173 Å². The highest BCUT2D eigenvalue weighted by Gasteiger charge is 2.24. The second-order valence-corrected chi connectivity index (χ2v) is 8.40. The van der Waals surface area contributed by atoms with E-state index in [9.17, 15) is 5.11 Å². The van der Waals surface area contributed by atoms with Crippen LogP contribution in [0.4, 0.5) is 11.6 Å². The number of aliphatic hydroxyl groups is 1. The van der Waals surface area contributed by atoms with Crippen molar-refractivity contribution in [2.75, 3.05) is 42.6 Å². The van der Waals surface area contributed by atoms with Crippen molar-refractivity contribution >= 4 is 11.6 Å². The number of anilines is 2. The summed E-state index contributed by atoms with van der Waals surface area (Å²) in [5.74, 6) is 3.35. The van der Waals surface area contributed by atoms with Gasteiger partial charge in [0.05, 0.1) is 0 Å². The van der Waals surface area contributed by atoms with Crippen LogP contribution in [0.15, 0.2) is 30.6 Å². The summed E-state index contributed by atoms with van der Waals surface area (Å²) in [5, 5.41) is 9.50. The average Bonchev–Trinajstić information content (AvgIpc) is 2.77. The molecule has 2 aromatic rings. The molecule has 1 N–H and O–H groups in total. The number of hydrogen-bond acceptors (Lipinski definition) is 6. The Morgan fingerprint density at radius 3 is 2.38 bits per heavy atom. The summed E-state index contributed by atoms with van der Waals surface area (Å²) in [6, 6.07) is 8.41. The lowest BCUT2D eigenvalue weighted by atomic mass is 9.99. The molecule has 156 valence electrons. The van der Waals surface area contributed by atoms with Crippen molar-refractivity contribution in [2.45, 2.75) is 45.6 Å². The second-order valence-electron chi connectivity index (χ2n) is 8.40. The molecule has 6 nitrogen and oxygen atoms in total. The Morgan fingerprint density at radius 2 is 1.69 bits per heavy atom. The van der Waals surface area contributed by atoms with Gasteiger partial charge in [-0.15, -0.1) is 0 Å². The Balaban J connectivity index is 1.37. The van der Waals surface area contributed by atoms with Crippen molar-refractivity contribution in [1.82, 2.24) is 9.97 Å². The van der Waals surface area contributed by atoms with Gasteiger partial charge in [-0.1, -0.05) is 18.2 Å². The average molecular weight is 397 g/mol. The number of hydrogen-bond donors (Lipinski definition) is 1. The molecule has 2 aliphatic heterocycles. The number of ether oxygens (including phenoxy) is 1. The zero-order valence-corrected chi connectivity index (χ0v) is 17.5. The van der Waals surface area contributed by atoms with Gasteiger partial charge in [0.25, 0.3) is 0 Å². The monoisotopic (exact) mass is 396 g/mol. The first-order valence-corrected chi connectivity index (χ1v) is 10.8. The third-order valence-electron chi connectivity index (χ3n) is 6.20. The first-order valence-electron chi connectivity index (χ1n) is 10.8. The van der Waals surface area contributed by atoms with Crippen LogP contribution < -0.4 is 14.5 Å². The van der Waals surface area contributed by atoms with Gasteiger partial charge in [-0.3, -0.25) is 0 Å². The molecule has 0 saturated carbocycles. The molecule has 1 aromatic carbocycles. The zero-order valence-electron chi connectivity index (χ0n) is 17.5. The summed E-state index contributed by atoms with van der Waals surface area (Å²) in [5.41, 5.74) is 2.41. The summed E-state index contributed by atoms with van der Waals surface area (Å²) in [4.78, 5) is 13.7. The number of piperidine rings is 2. The molecule has 6 heteroatoms. The van der Waals surface area contributed by atoms with Gasteiger partial charge in [-0.25, -0.2) is 9.97 Å². The van der Waals surface area contributed by atoms with Crippen LogP contribution in [-0.2, 0) is 0 Å². The maximum atomic E-state index is 9.50. The quantitative estimate of drug-likeness (QED) is 0.836. The van der Waals surface area contributed by atoms with Gasteiger partial charge in [0.2, 0.25) is 0 Å². The van der Waals surface area contributed by atoms with E-state index in [4.69, 9.17) is 4.74 Å². The smallest absolute Gasteiger partial charge is 0.134 e. The molecular formula is C23H32N4O2. The van der Waals surface area contributed by atoms with Gasteiger partial charge in [0.15, 0.2) is 0 Å². The van der Waals surface area contributed by atoms with Gasteiger partial charge in [0, 0.05) is 51.7 Å². The standard InChI is InChI=1S/C23H32N4O2/c1-17-5-3-6-18(2)23(17)29-20-8-11-26(12-9-20)21-13-22(25-16-24-21)27-10-4-7-19(14-27)15-28/h3,5-6,13,16,19-20,28H,4,7-12,14-15H2,1-2H3. The highest BCUT2D eigenvalue weighted by Crippen LogP contribution is 2.28. The predicted molar refractivity (Wildman–Crippen MR) is 116 cm³/mol. The highest BCUT2D eigenvalue weighted by atomic mass is 16.5. The molecule has 1 atom stereocenters. The fourth-order valence-electron chi connectivity index (χ4n) is 4.46. The number of aryl methyl sites for hydroxylation is 2. The van der Waals surface area contributed by atoms with Crippen LogP contribution in [0.3, 0.4) is 0 Å². The van der Waals surface area contributed by atoms with Crippen molar-refractivity contribution in [1.29, 1.82) is 0 Å². The molecule has 1 unspecified atom stereocenters. The Hall–Kier alpha value is -2.34. The van der Waals surface area contributed by atoms with Crippen LogP contribution in [0.25, 0.3) is 0 Å². The Bertz CT molecular complexity index is 800. The van der Waals surface area contributed by atoms with E-state index in [0.29, 0.717) is 5.92 Å². The van der Waals surface area contributed by atoms with Crippen LogP contribution in [-0.4, -0.2) is 54.0 Å². The Kier molecular flexibility index (Phi) is 6.19. The maximum Gasteiger partial charge on any atom is 0.134 e. The van der Waals surface area contributed by atoms with Crippen molar-refractivity contribution in [2.24, 2.45) is 5.92 Å². The van der Waals surface area contributed by atoms with Crippen molar-refractivity contribution in [3.05, 3.63) is 41.7 Å². The molecule has 1 aromatic heterocycles. The van der Waals surface area contributed by atoms with Gasteiger partial charge < -0.3 is 19.6 Å². The molecule has 0 spiro atoms. The maximum absolute atomic E-state index is 9.50. The molecule has 29 heavy (non-hydrogen) atoms. The minimum Gasteiger partial charge on any atom is -0.490 e. The molecule has 4 rings (SSSR count). The predicted octanol–water partition coefficient (Wildman–Crippen LogP) is 3.35. The number of aliphatic hydroxyl groups excluding tert-OH is 1. The highest BCUT2D eigenvalue weighted by molar-refractivity contribution is 5.50. The third kappa shape index (κ3) is 4.64. The van der Waals surface area contributed by atoms with Crippen molar-refractivity contribution < 1.29 is 9.84 Å². The Morgan fingerprint density at radius 1 is 1.00 bits per heavy atom. The zero-order chi connectivity index (χ0) is 20.2. The molecular weight excluding hydrogens is 364 g/mol. The summed E-state index contributed by atoms with van der Waals surface area (Å²) >= 11 is 0.